The zero-order valence-electron chi connectivity index (χ0n) is 13.9. The predicted molar refractivity (Wildman–Crippen MR) is 90.3 cm³/mol. The molecule has 2 amide bonds. The molecule has 2 rings (SSSR count). The van der Waals surface area contributed by atoms with E-state index in [1.807, 2.05) is 0 Å². The van der Waals surface area contributed by atoms with Gasteiger partial charge in [-0.3, -0.25) is 9.59 Å². The first kappa shape index (κ1) is 17.7. The molecular weight excluding hydrogens is 316 g/mol. The molecule has 0 bridgehead atoms. The van der Waals surface area contributed by atoms with Crippen molar-refractivity contribution in [2.24, 2.45) is 0 Å². The maximum absolute atomic E-state index is 12.1. The quantitative estimate of drug-likeness (QED) is 0.569. The van der Waals surface area contributed by atoms with Gasteiger partial charge in [-0.15, -0.1) is 0 Å². The first-order valence-electron chi connectivity index (χ1n) is 7.60. The molecule has 7 heteroatoms. The number of anilines is 1. The van der Waals surface area contributed by atoms with Gasteiger partial charge < -0.3 is 16.0 Å². The van der Waals surface area contributed by atoms with Gasteiger partial charge in [0, 0.05) is 23.3 Å². The van der Waals surface area contributed by atoms with Crippen LogP contribution in [-0.2, 0) is 9.59 Å². The average Bonchev–Trinajstić information content (AvgIpc) is 2.37. The highest BCUT2D eigenvalue weighted by molar-refractivity contribution is 6.41. The number of nitrogens with one attached hydrogen (secondary N) is 3. The lowest BCUT2D eigenvalue weighted by Gasteiger charge is -2.46. The molecule has 23 heavy (non-hydrogen) atoms. The zero-order valence-corrected chi connectivity index (χ0v) is 14.6. The summed E-state index contributed by atoms with van der Waals surface area (Å²) in [5, 5.41) is 8.98. The number of aromatic nitrogens is 1. The lowest BCUT2D eigenvalue weighted by Crippen LogP contribution is -2.62. The third-order valence-electron chi connectivity index (χ3n) is 3.74. The molecule has 1 aromatic heterocycles. The molecule has 1 aliphatic heterocycles. The molecule has 2 heterocycles. The maximum atomic E-state index is 12.1. The van der Waals surface area contributed by atoms with Crippen molar-refractivity contribution < 1.29 is 9.59 Å². The minimum atomic E-state index is -0.742. The number of nitrogens with zero attached hydrogens (tertiary/aromatic N) is 1. The Hall–Kier alpha value is -1.66. The number of pyridine rings is 1. The third-order valence-corrected chi connectivity index (χ3v) is 4.04. The lowest BCUT2D eigenvalue weighted by molar-refractivity contribution is -0.137. The lowest BCUT2D eigenvalue weighted by atomic mass is 9.79. The summed E-state index contributed by atoms with van der Waals surface area (Å²) in [6.45, 7) is 8.34. The molecular formula is C16H23ClN4O2. The Morgan fingerprint density at radius 2 is 1.83 bits per heavy atom. The van der Waals surface area contributed by atoms with Crippen molar-refractivity contribution in [2.75, 3.05) is 5.32 Å². The van der Waals surface area contributed by atoms with Crippen LogP contribution in [0.3, 0.4) is 0 Å². The van der Waals surface area contributed by atoms with Crippen molar-refractivity contribution in [3.05, 3.63) is 23.5 Å². The highest BCUT2D eigenvalue weighted by Gasteiger charge is 2.38. The van der Waals surface area contributed by atoms with E-state index in [4.69, 9.17) is 11.6 Å². The summed E-state index contributed by atoms with van der Waals surface area (Å²) in [6, 6.07) is 3.16. The summed E-state index contributed by atoms with van der Waals surface area (Å²) >= 11 is 5.87. The average molecular weight is 339 g/mol. The number of amides is 2. The maximum Gasteiger partial charge on any atom is 0.313 e. The van der Waals surface area contributed by atoms with Crippen LogP contribution in [0.4, 0.5) is 5.69 Å². The summed E-state index contributed by atoms with van der Waals surface area (Å²) in [4.78, 5) is 28.0. The van der Waals surface area contributed by atoms with Gasteiger partial charge in [0.05, 0.1) is 5.69 Å². The van der Waals surface area contributed by atoms with Gasteiger partial charge in [0.2, 0.25) is 0 Å². The number of hydrogen-bond acceptors (Lipinski definition) is 4. The molecule has 0 saturated carbocycles. The van der Waals surface area contributed by atoms with E-state index in [-0.39, 0.29) is 22.3 Å². The van der Waals surface area contributed by atoms with Crippen molar-refractivity contribution in [1.29, 1.82) is 0 Å². The predicted octanol–water partition coefficient (Wildman–Crippen LogP) is 2.10. The topological polar surface area (TPSA) is 83.1 Å². The summed E-state index contributed by atoms with van der Waals surface area (Å²) < 4.78 is 0. The summed E-state index contributed by atoms with van der Waals surface area (Å²) in [6.07, 6.45) is 3.02. The van der Waals surface area contributed by atoms with Crippen molar-refractivity contribution in [1.82, 2.24) is 15.6 Å². The van der Waals surface area contributed by atoms with Gasteiger partial charge in [0.1, 0.15) is 0 Å². The van der Waals surface area contributed by atoms with Gasteiger partial charge in [-0.05, 0) is 52.7 Å². The number of hydrogen-bond donors (Lipinski definition) is 3. The number of carbonyl (C=O) groups excluding carboxylic acids is 2. The van der Waals surface area contributed by atoms with Gasteiger partial charge in [0.25, 0.3) is 0 Å². The number of carbonyl (C=O) groups is 2. The van der Waals surface area contributed by atoms with Gasteiger partial charge in [-0.25, -0.2) is 4.98 Å². The molecule has 1 fully saturated rings. The van der Waals surface area contributed by atoms with Crippen LogP contribution in [0, 0.1) is 0 Å². The Bertz CT molecular complexity index is 600. The second kappa shape index (κ2) is 6.45. The number of rotatable bonds is 2. The Balaban J connectivity index is 1.98. The zero-order chi connectivity index (χ0) is 17.3. The minimum absolute atomic E-state index is 0.0659. The van der Waals surface area contributed by atoms with E-state index in [9.17, 15) is 9.59 Å². The Kier molecular flexibility index (Phi) is 4.96. The molecule has 0 unspecified atom stereocenters. The Labute approximate surface area is 141 Å². The molecule has 0 aromatic carbocycles. The molecule has 3 N–H and O–H groups in total. The van der Waals surface area contributed by atoms with Crippen molar-refractivity contribution in [3.8, 4) is 0 Å². The Morgan fingerprint density at radius 1 is 1.22 bits per heavy atom. The van der Waals surface area contributed by atoms with E-state index in [2.05, 4.69) is 48.6 Å². The molecule has 1 aromatic rings. The highest BCUT2D eigenvalue weighted by atomic mass is 35.5. The number of piperidine rings is 1. The first-order chi connectivity index (χ1) is 10.6. The van der Waals surface area contributed by atoms with Crippen LogP contribution in [0.1, 0.15) is 40.5 Å². The molecule has 0 aliphatic carbocycles. The van der Waals surface area contributed by atoms with Crippen LogP contribution >= 0.6 is 11.6 Å². The van der Waals surface area contributed by atoms with E-state index < -0.39 is 11.8 Å². The fourth-order valence-electron chi connectivity index (χ4n) is 3.33. The van der Waals surface area contributed by atoms with Crippen LogP contribution in [0.2, 0.25) is 5.15 Å². The largest absolute Gasteiger partial charge is 0.345 e. The van der Waals surface area contributed by atoms with E-state index >= 15 is 0 Å². The monoisotopic (exact) mass is 338 g/mol. The van der Waals surface area contributed by atoms with Crippen molar-refractivity contribution in [3.63, 3.8) is 0 Å². The molecule has 0 atom stereocenters. The van der Waals surface area contributed by atoms with Crippen LogP contribution in [0.25, 0.3) is 0 Å². The van der Waals surface area contributed by atoms with E-state index in [0.29, 0.717) is 5.69 Å². The molecule has 0 radical (unpaired) electrons. The summed E-state index contributed by atoms with van der Waals surface area (Å²) in [5.41, 5.74) is 0.103. The van der Waals surface area contributed by atoms with Crippen LogP contribution in [-0.4, -0.2) is 33.9 Å². The summed E-state index contributed by atoms with van der Waals surface area (Å²) in [7, 11) is 0. The van der Waals surface area contributed by atoms with Crippen LogP contribution in [0.5, 0.6) is 0 Å². The van der Waals surface area contributed by atoms with Gasteiger partial charge >= 0.3 is 11.8 Å². The molecule has 1 aliphatic rings. The van der Waals surface area contributed by atoms with Crippen molar-refractivity contribution in [2.45, 2.75) is 57.7 Å². The smallest absolute Gasteiger partial charge is 0.313 e. The molecule has 1 saturated heterocycles. The number of halogens is 1. The fourth-order valence-corrected chi connectivity index (χ4v) is 3.50. The van der Waals surface area contributed by atoms with Crippen LogP contribution < -0.4 is 16.0 Å². The van der Waals surface area contributed by atoms with E-state index in [1.165, 1.54) is 6.20 Å². The van der Waals surface area contributed by atoms with Gasteiger partial charge in [-0.1, -0.05) is 11.6 Å². The Morgan fingerprint density at radius 3 is 2.39 bits per heavy atom. The molecule has 6 nitrogen and oxygen atoms in total. The fraction of sp³-hybridized carbons (Fsp3) is 0.562. The first-order valence-corrected chi connectivity index (χ1v) is 7.97. The van der Waals surface area contributed by atoms with Crippen LogP contribution in [0.15, 0.2) is 18.3 Å². The minimum Gasteiger partial charge on any atom is -0.345 e. The van der Waals surface area contributed by atoms with Gasteiger partial charge in [-0.2, -0.15) is 0 Å². The second-order valence-electron chi connectivity index (χ2n) is 7.27. The van der Waals surface area contributed by atoms with Gasteiger partial charge in [0.15, 0.2) is 5.15 Å². The van der Waals surface area contributed by atoms with Crippen molar-refractivity contribution >= 4 is 29.1 Å². The van der Waals surface area contributed by atoms with E-state index in [1.54, 1.807) is 12.1 Å². The highest BCUT2D eigenvalue weighted by Crippen LogP contribution is 2.28. The van der Waals surface area contributed by atoms with E-state index in [0.717, 1.165) is 12.8 Å². The standard InChI is InChI=1S/C16H23ClN4O2/c1-15(2)8-10(9-16(3,4)21-15)19-13(22)14(23)20-11-6-5-7-18-12(11)17/h5-7,10,21H,8-9H2,1-4H3,(H,19,22)(H,20,23). The SMILES string of the molecule is CC1(C)CC(NC(=O)C(=O)Nc2cccnc2Cl)CC(C)(C)N1. The summed E-state index contributed by atoms with van der Waals surface area (Å²) in [5.74, 6) is -1.41. The third kappa shape index (κ3) is 4.91. The second-order valence-corrected chi connectivity index (χ2v) is 7.63. The molecule has 126 valence electrons. The normalized spacial score (nSPS) is 19.9. The molecule has 0 spiro atoms.